The Bertz CT molecular complexity index is 1110. The predicted octanol–water partition coefficient (Wildman–Crippen LogP) is 3.52. The third-order valence-electron chi connectivity index (χ3n) is 4.30. The highest BCUT2D eigenvalue weighted by Gasteiger charge is 2.38. The van der Waals surface area contributed by atoms with E-state index in [0.29, 0.717) is 17.1 Å². The number of benzene rings is 2. The molecule has 1 aromatic heterocycles. The summed E-state index contributed by atoms with van der Waals surface area (Å²) in [5.41, 5.74) is -0.775. The van der Waals surface area contributed by atoms with Gasteiger partial charge >= 0.3 is 6.18 Å². The van der Waals surface area contributed by atoms with Crippen LogP contribution in [0.25, 0.3) is 0 Å². The quantitative estimate of drug-likeness (QED) is 0.656. The Morgan fingerprint density at radius 1 is 1.14 bits per heavy atom. The number of sulfonamides is 1. The van der Waals surface area contributed by atoms with Crippen molar-refractivity contribution in [3.63, 3.8) is 0 Å². The molecule has 0 radical (unpaired) electrons. The fraction of sp³-hybridized carbons (Fsp3) is 0.211. The Morgan fingerprint density at radius 2 is 1.86 bits per heavy atom. The van der Waals surface area contributed by atoms with Crippen LogP contribution in [0.5, 0.6) is 5.75 Å². The van der Waals surface area contributed by atoms with Crippen molar-refractivity contribution in [1.29, 1.82) is 0 Å². The molecule has 0 aliphatic rings. The van der Waals surface area contributed by atoms with E-state index < -0.39 is 32.7 Å². The fourth-order valence-electron chi connectivity index (χ4n) is 2.90. The van der Waals surface area contributed by atoms with Crippen molar-refractivity contribution in [3.05, 3.63) is 77.9 Å². The summed E-state index contributed by atoms with van der Waals surface area (Å²) in [6.45, 7) is 0. The molecule has 1 heterocycles. The van der Waals surface area contributed by atoms with Gasteiger partial charge in [-0.3, -0.25) is 0 Å². The minimum Gasteiger partial charge on any atom is -0.497 e. The van der Waals surface area contributed by atoms with E-state index in [1.54, 1.807) is 42.1 Å². The molecule has 3 rings (SSSR count). The van der Waals surface area contributed by atoms with Crippen LogP contribution in [0.2, 0.25) is 0 Å². The topological polar surface area (TPSA) is 73.2 Å². The van der Waals surface area contributed by atoms with E-state index in [-0.39, 0.29) is 0 Å². The van der Waals surface area contributed by atoms with Crippen LogP contribution < -0.4 is 9.46 Å². The van der Waals surface area contributed by atoms with E-state index in [1.807, 2.05) is 0 Å². The van der Waals surface area contributed by atoms with Crippen LogP contribution in [-0.2, 0) is 23.2 Å². The summed E-state index contributed by atoms with van der Waals surface area (Å²) in [7, 11) is -1.43. The molecule has 0 aliphatic carbocycles. The molecule has 0 saturated heterocycles. The number of imidazole rings is 1. The van der Waals surface area contributed by atoms with Gasteiger partial charge in [0.1, 0.15) is 17.6 Å². The van der Waals surface area contributed by atoms with Gasteiger partial charge in [-0.15, -0.1) is 0 Å². The maximum absolute atomic E-state index is 13.4. The lowest BCUT2D eigenvalue weighted by molar-refractivity contribution is -0.139. The predicted molar refractivity (Wildman–Crippen MR) is 99.8 cm³/mol. The number of aromatic nitrogens is 2. The van der Waals surface area contributed by atoms with Crippen LogP contribution in [0.1, 0.15) is 23.0 Å². The Kier molecular flexibility index (Phi) is 5.67. The van der Waals surface area contributed by atoms with Crippen LogP contribution in [0.3, 0.4) is 0 Å². The van der Waals surface area contributed by atoms with Gasteiger partial charge in [-0.25, -0.2) is 13.4 Å². The van der Waals surface area contributed by atoms with Gasteiger partial charge in [-0.1, -0.05) is 24.3 Å². The first-order valence-electron chi connectivity index (χ1n) is 8.43. The fourth-order valence-corrected chi connectivity index (χ4v) is 4.31. The molecule has 0 amide bonds. The number of ether oxygens (including phenoxy) is 1. The number of halogens is 3. The summed E-state index contributed by atoms with van der Waals surface area (Å²) in [5, 5.41) is 0. The molecule has 0 spiro atoms. The number of rotatable bonds is 6. The molecule has 0 bridgehead atoms. The van der Waals surface area contributed by atoms with Gasteiger partial charge in [-0.05, 0) is 29.8 Å². The SMILES string of the molecule is COc1cccc(C(NS(=O)(=O)c2ccccc2C(F)(F)F)c2nccn2C)c1. The second kappa shape index (κ2) is 7.88. The second-order valence-corrected chi connectivity index (χ2v) is 7.90. The first kappa shape index (κ1) is 20.9. The molecule has 0 fully saturated rings. The lowest BCUT2D eigenvalue weighted by atomic mass is 10.1. The van der Waals surface area contributed by atoms with Gasteiger partial charge in [0.05, 0.1) is 17.6 Å². The largest absolute Gasteiger partial charge is 0.497 e. The number of methoxy groups -OCH3 is 1. The van der Waals surface area contributed by atoms with E-state index >= 15 is 0 Å². The number of nitrogens with zero attached hydrogens (tertiary/aromatic N) is 2. The highest BCUT2D eigenvalue weighted by molar-refractivity contribution is 7.89. The molecule has 1 unspecified atom stereocenters. The number of nitrogens with one attached hydrogen (secondary N) is 1. The van der Waals surface area contributed by atoms with Gasteiger partial charge in [0.25, 0.3) is 0 Å². The molecule has 2 aromatic carbocycles. The Labute approximate surface area is 166 Å². The van der Waals surface area contributed by atoms with Gasteiger partial charge < -0.3 is 9.30 Å². The average molecular weight is 425 g/mol. The Hall–Kier alpha value is -2.85. The lowest BCUT2D eigenvalue weighted by Gasteiger charge is -2.21. The Balaban J connectivity index is 2.11. The zero-order valence-electron chi connectivity index (χ0n) is 15.5. The smallest absolute Gasteiger partial charge is 0.417 e. The van der Waals surface area contributed by atoms with E-state index in [2.05, 4.69) is 9.71 Å². The molecule has 1 N–H and O–H groups in total. The number of hydrogen-bond donors (Lipinski definition) is 1. The van der Waals surface area contributed by atoms with Crippen molar-refractivity contribution in [2.24, 2.45) is 7.05 Å². The lowest BCUT2D eigenvalue weighted by Crippen LogP contribution is -2.32. The first-order valence-corrected chi connectivity index (χ1v) is 9.91. The molecule has 154 valence electrons. The molecule has 10 heteroatoms. The zero-order chi connectivity index (χ0) is 21.2. The van der Waals surface area contributed by atoms with Crippen LogP contribution in [0, 0.1) is 0 Å². The minimum atomic E-state index is -4.82. The molecule has 3 aromatic rings. The second-order valence-electron chi connectivity index (χ2n) is 6.22. The monoisotopic (exact) mass is 425 g/mol. The molecule has 0 aliphatic heterocycles. The van der Waals surface area contributed by atoms with Crippen molar-refractivity contribution >= 4 is 10.0 Å². The molecule has 1 atom stereocenters. The normalized spacial score (nSPS) is 13.3. The highest BCUT2D eigenvalue weighted by Crippen LogP contribution is 2.35. The third kappa shape index (κ3) is 4.43. The van der Waals surface area contributed by atoms with Gasteiger partial charge in [0, 0.05) is 19.4 Å². The summed E-state index contributed by atoms with van der Waals surface area (Å²) < 4.78 is 75.1. The van der Waals surface area contributed by atoms with Crippen molar-refractivity contribution in [2.45, 2.75) is 17.1 Å². The third-order valence-corrected chi connectivity index (χ3v) is 5.78. The van der Waals surface area contributed by atoms with Crippen molar-refractivity contribution in [2.75, 3.05) is 7.11 Å². The van der Waals surface area contributed by atoms with Crippen molar-refractivity contribution < 1.29 is 26.3 Å². The Morgan fingerprint density at radius 3 is 2.48 bits per heavy atom. The summed E-state index contributed by atoms with van der Waals surface area (Å²) in [6.07, 6.45) is -1.74. The van der Waals surface area contributed by atoms with E-state index in [1.165, 1.54) is 19.4 Å². The number of aryl methyl sites for hydroxylation is 1. The highest BCUT2D eigenvalue weighted by atomic mass is 32.2. The van der Waals surface area contributed by atoms with E-state index in [0.717, 1.165) is 18.2 Å². The summed E-state index contributed by atoms with van der Waals surface area (Å²) in [6, 6.07) is 9.57. The maximum Gasteiger partial charge on any atom is 0.417 e. The van der Waals surface area contributed by atoms with Crippen molar-refractivity contribution in [3.8, 4) is 5.75 Å². The molecule has 0 saturated carbocycles. The van der Waals surface area contributed by atoms with Crippen molar-refractivity contribution in [1.82, 2.24) is 14.3 Å². The molecular weight excluding hydrogens is 407 g/mol. The molecule has 6 nitrogen and oxygen atoms in total. The van der Waals surface area contributed by atoms with Crippen LogP contribution in [0.15, 0.2) is 65.8 Å². The first-order chi connectivity index (χ1) is 13.6. The minimum absolute atomic E-state index is 0.311. The summed E-state index contributed by atoms with van der Waals surface area (Å²) in [5.74, 6) is 0.780. The van der Waals surface area contributed by atoms with Gasteiger partial charge in [0.15, 0.2) is 0 Å². The average Bonchev–Trinajstić information content (AvgIpc) is 3.11. The van der Waals surface area contributed by atoms with Gasteiger partial charge in [-0.2, -0.15) is 17.9 Å². The number of hydrogen-bond acceptors (Lipinski definition) is 4. The van der Waals surface area contributed by atoms with E-state index in [4.69, 9.17) is 4.74 Å². The zero-order valence-corrected chi connectivity index (χ0v) is 16.3. The summed E-state index contributed by atoms with van der Waals surface area (Å²) in [4.78, 5) is 3.32. The van der Waals surface area contributed by atoms with Crippen LogP contribution in [0.4, 0.5) is 13.2 Å². The van der Waals surface area contributed by atoms with E-state index in [9.17, 15) is 21.6 Å². The molecule has 29 heavy (non-hydrogen) atoms. The van der Waals surface area contributed by atoms with Gasteiger partial charge in [0.2, 0.25) is 10.0 Å². The molecular formula is C19H18F3N3O3S. The number of alkyl halides is 3. The maximum atomic E-state index is 13.4. The summed E-state index contributed by atoms with van der Waals surface area (Å²) >= 11 is 0. The van der Waals surface area contributed by atoms with Crippen LogP contribution in [-0.4, -0.2) is 25.1 Å². The van der Waals surface area contributed by atoms with Crippen LogP contribution >= 0.6 is 0 Å². The standard InChI is InChI=1S/C19H18F3N3O3S/c1-25-11-10-23-18(25)17(13-6-5-7-14(12-13)28-2)24-29(26,27)16-9-4-3-8-15(16)19(20,21)22/h3-12,17,24H,1-2H3.